The Morgan fingerprint density at radius 1 is 1.35 bits per heavy atom. The summed E-state index contributed by atoms with van der Waals surface area (Å²) in [5.41, 5.74) is -0.731. The highest BCUT2D eigenvalue weighted by atomic mass is 19.4. The summed E-state index contributed by atoms with van der Waals surface area (Å²) in [6.07, 6.45) is 0.764. The Bertz CT molecular complexity index is 471. The molecule has 1 N–H and O–H groups in total. The molecule has 2 rings (SSSR count). The summed E-state index contributed by atoms with van der Waals surface area (Å²) in [5.74, 6) is 0. The minimum absolute atomic E-state index is 0.128. The van der Waals surface area contributed by atoms with Gasteiger partial charge in [0.25, 0.3) is 0 Å². The minimum atomic E-state index is -4.47. The standard InChI is InChI=1S/C15H23F3N2O3/c16-15(17,18)14-12(5-3-8-21)11-20(19-14)7-4-10-23-13-6-1-2-9-22-13/h11,13,21H,1-10H2/t13-/m1/s1. The van der Waals surface area contributed by atoms with Crippen LogP contribution in [0.2, 0.25) is 0 Å². The van der Waals surface area contributed by atoms with Crippen LogP contribution in [0.3, 0.4) is 0 Å². The van der Waals surface area contributed by atoms with Gasteiger partial charge in [-0.1, -0.05) is 0 Å². The molecule has 132 valence electrons. The molecule has 1 aliphatic heterocycles. The van der Waals surface area contributed by atoms with E-state index in [4.69, 9.17) is 14.6 Å². The minimum Gasteiger partial charge on any atom is -0.396 e. The van der Waals surface area contributed by atoms with Crippen LogP contribution in [0.4, 0.5) is 13.2 Å². The van der Waals surface area contributed by atoms with Crippen molar-refractivity contribution in [3.8, 4) is 0 Å². The van der Waals surface area contributed by atoms with E-state index >= 15 is 0 Å². The molecular formula is C15H23F3N2O3. The summed E-state index contributed by atoms with van der Waals surface area (Å²) in [7, 11) is 0. The zero-order valence-corrected chi connectivity index (χ0v) is 13.0. The Morgan fingerprint density at radius 3 is 2.83 bits per heavy atom. The van der Waals surface area contributed by atoms with Gasteiger partial charge in [-0.3, -0.25) is 4.68 Å². The highest BCUT2D eigenvalue weighted by Crippen LogP contribution is 2.31. The third kappa shape index (κ3) is 5.78. The lowest BCUT2D eigenvalue weighted by molar-refractivity contribution is -0.163. The topological polar surface area (TPSA) is 56.5 Å². The van der Waals surface area contributed by atoms with Crippen molar-refractivity contribution < 1.29 is 27.8 Å². The molecule has 1 atom stereocenters. The van der Waals surface area contributed by atoms with E-state index in [-0.39, 0.29) is 31.3 Å². The number of hydrogen-bond donors (Lipinski definition) is 1. The number of nitrogens with zero attached hydrogens (tertiary/aromatic N) is 2. The number of aromatic nitrogens is 2. The highest BCUT2D eigenvalue weighted by molar-refractivity contribution is 5.20. The fraction of sp³-hybridized carbons (Fsp3) is 0.800. The Balaban J connectivity index is 1.83. The normalized spacial score (nSPS) is 19.2. The van der Waals surface area contributed by atoms with Crippen molar-refractivity contribution in [2.75, 3.05) is 19.8 Å². The first-order valence-electron chi connectivity index (χ1n) is 7.98. The van der Waals surface area contributed by atoms with Crippen LogP contribution in [0.15, 0.2) is 6.20 Å². The van der Waals surface area contributed by atoms with E-state index in [0.717, 1.165) is 19.3 Å². The number of ether oxygens (including phenoxy) is 2. The molecule has 1 aromatic heterocycles. The van der Waals surface area contributed by atoms with Crippen LogP contribution in [-0.4, -0.2) is 41.0 Å². The van der Waals surface area contributed by atoms with Crippen LogP contribution in [0.25, 0.3) is 0 Å². The van der Waals surface area contributed by atoms with Gasteiger partial charge in [0.15, 0.2) is 12.0 Å². The summed E-state index contributed by atoms with van der Waals surface area (Å²) in [6, 6.07) is 0. The number of hydrogen-bond acceptors (Lipinski definition) is 4. The molecule has 2 heterocycles. The smallest absolute Gasteiger partial charge is 0.396 e. The third-order valence-corrected chi connectivity index (χ3v) is 3.68. The van der Waals surface area contributed by atoms with E-state index in [0.29, 0.717) is 26.2 Å². The van der Waals surface area contributed by atoms with Gasteiger partial charge in [-0.15, -0.1) is 0 Å². The summed E-state index contributed by atoms with van der Waals surface area (Å²) < 4.78 is 51.1. The van der Waals surface area contributed by atoms with E-state index in [2.05, 4.69) is 5.10 Å². The number of halogens is 3. The summed E-state index contributed by atoms with van der Waals surface area (Å²) >= 11 is 0. The van der Waals surface area contributed by atoms with Crippen molar-refractivity contribution in [1.29, 1.82) is 0 Å². The first-order valence-corrected chi connectivity index (χ1v) is 7.98. The van der Waals surface area contributed by atoms with Gasteiger partial charge in [0, 0.05) is 31.5 Å². The van der Waals surface area contributed by atoms with Crippen molar-refractivity contribution in [2.24, 2.45) is 0 Å². The second kappa shape index (κ2) is 8.65. The Hall–Kier alpha value is -1.12. The number of rotatable bonds is 8. The van der Waals surface area contributed by atoms with Gasteiger partial charge in [0.1, 0.15) is 0 Å². The molecule has 5 nitrogen and oxygen atoms in total. The van der Waals surface area contributed by atoms with Crippen LogP contribution in [-0.2, 0) is 28.6 Å². The Kier molecular flexibility index (Phi) is 6.86. The molecule has 0 bridgehead atoms. The van der Waals surface area contributed by atoms with Gasteiger partial charge in [0.05, 0.1) is 6.61 Å². The Morgan fingerprint density at radius 2 is 2.17 bits per heavy atom. The zero-order valence-electron chi connectivity index (χ0n) is 13.0. The van der Waals surface area contributed by atoms with Crippen LogP contribution in [0.1, 0.15) is 43.4 Å². The van der Waals surface area contributed by atoms with Gasteiger partial charge in [-0.2, -0.15) is 18.3 Å². The molecule has 0 spiro atoms. The van der Waals surface area contributed by atoms with Gasteiger partial charge in [0.2, 0.25) is 0 Å². The Labute approximate surface area is 133 Å². The second-order valence-corrected chi connectivity index (χ2v) is 5.61. The van der Waals surface area contributed by atoms with E-state index in [1.54, 1.807) is 0 Å². The van der Waals surface area contributed by atoms with Gasteiger partial charge < -0.3 is 14.6 Å². The SMILES string of the molecule is OCCCc1cn(CCCO[C@@H]2CCCCO2)nc1C(F)(F)F. The van der Waals surface area contributed by atoms with Crippen LogP contribution in [0.5, 0.6) is 0 Å². The molecule has 1 saturated heterocycles. The van der Waals surface area contributed by atoms with Crippen molar-refractivity contribution in [1.82, 2.24) is 9.78 Å². The van der Waals surface area contributed by atoms with E-state index in [1.807, 2.05) is 0 Å². The lowest BCUT2D eigenvalue weighted by Gasteiger charge is -2.22. The summed E-state index contributed by atoms with van der Waals surface area (Å²) in [6.45, 7) is 1.34. The largest absolute Gasteiger partial charge is 0.435 e. The van der Waals surface area contributed by atoms with E-state index in [1.165, 1.54) is 10.9 Å². The molecule has 1 aliphatic rings. The average Bonchev–Trinajstić information content (AvgIpc) is 2.94. The molecule has 0 unspecified atom stereocenters. The highest BCUT2D eigenvalue weighted by Gasteiger charge is 2.36. The van der Waals surface area contributed by atoms with Crippen molar-refractivity contribution in [3.05, 3.63) is 17.5 Å². The number of aliphatic hydroxyl groups excluding tert-OH is 1. The number of aryl methyl sites for hydroxylation is 2. The zero-order chi connectivity index (χ0) is 16.7. The molecule has 0 aliphatic carbocycles. The van der Waals surface area contributed by atoms with Gasteiger partial charge >= 0.3 is 6.18 Å². The molecule has 23 heavy (non-hydrogen) atoms. The van der Waals surface area contributed by atoms with Gasteiger partial charge in [-0.05, 0) is 38.5 Å². The predicted octanol–water partition coefficient (Wildman–Crippen LogP) is 2.76. The fourth-order valence-corrected chi connectivity index (χ4v) is 2.55. The maximum Gasteiger partial charge on any atom is 0.435 e. The molecule has 0 radical (unpaired) electrons. The summed E-state index contributed by atoms with van der Waals surface area (Å²) in [4.78, 5) is 0. The van der Waals surface area contributed by atoms with Crippen molar-refractivity contribution >= 4 is 0 Å². The second-order valence-electron chi connectivity index (χ2n) is 5.61. The maximum atomic E-state index is 12.9. The predicted molar refractivity (Wildman–Crippen MR) is 76.8 cm³/mol. The van der Waals surface area contributed by atoms with Crippen LogP contribution in [0, 0.1) is 0 Å². The fourth-order valence-electron chi connectivity index (χ4n) is 2.55. The quantitative estimate of drug-likeness (QED) is 0.742. The van der Waals surface area contributed by atoms with E-state index in [9.17, 15) is 13.2 Å². The number of alkyl halides is 3. The first kappa shape index (κ1) is 18.2. The lowest BCUT2D eigenvalue weighted by Crippen LogP contribution is -2.23. The molecular weight excluding hydrogens is 313 g/mol. The van der Waals surface area contributed by atoms with Gasteiger partial charge in [-0.25, -0.2) is 0 Å². The molecule has 0 saturated carbocycles. The average molecular weight is 336 g/mol. The first-order chi connectivity index (χ1) is 11.0. The van der Waals surface area contributed by atoms with Crippen molar-refractivity contribution in [3.63, 3.8) is 0 Å². The number of aliphatic hydroxyl groups is 1. The lowest BCUT2D eigenvalue weighted by atomic mass is 10.1. The molecule has 1 aromatic rings. The molecule has 0 amide bonds. The van der Waals surface area contributed by atoms with Crippen molar-refractivity contribution in [2.45, 2.75) is 57.5 Å². The van der Waals surface area contributed by atoms with E-state index < -0.39 is 11.9 Å². The monoisotopic (exact) mass is 336 g/mol. The molecule has 1 fully saturated rings. The molecule has 8 heteroatoms. The summed E-state index contributed by atoms with van der Waals surface area (Å²) in [5, 5.41) is 12.4. The third-order valence-electron chi connectivity index (χ3n) is 3.68. The molecule has 0 aromatic carbocycles. The maximum absolute atomic E-state index is 12.9. The van der Waals surface area contributed by atoms with Crippen LogP contribution >= 0.6 is 0 Å². The van der Waals surface area contributed by atoms with Crippen LogP contribution < -0.4 is 0 Å².